The van der Waals surface area contributed by atoms with Gasteiger partial charge in [0.2, 0.25) is 5.91 Å². The minimum atomic E-state index is -3.77. The molecule has 0 aliphatic rings. The van der Waals surface area contributed by atoms with E-state index in [9.17, 15) is 13.2 Å². The molecule has 0 atom stereocenters. The average Bonchev–Trinajstić information content (AvgIpc) is 2.75. The van der Waals surface area contributed by atoms with Gasteiger partial charge in [-0.15, -0.1) is 0 Å². The van der Waals surface area contributed by atoms with Crippen molar-refractivity contribution in [3.63, 3.8) is 0 Å². The fourth-order valence-electron chi connectivity index (χ4n) is 2.83. The molecule has 0 unspecified atom stereocenters. The van der Waals surface area contributed by atoms with Crippen molar-refractivity contribution in [1.29, 1.82) is 0 Å². The standard InChI is InChI=1S/C22H21ClN2O5S/c1-29-20-12-3-15(13-21(20)30-2)14-22(26)24-17-8-10-19(11-9-17)31(27,28)25-18-6-4-16(23)5-7-18/h3-13,25H,14H2,1-2H3,(H,24,26). The summed E-state index contributed by atoms with van der Waals surface area (Å²) in [5.74, 6) is 0.869. The minimum absolute atomic E-state index is 0.0698. The van der Waals surface area contributed by atoms with Crippen molar-refractivity contribution in [1.82, 2.24) is 0 Å². The van der Waals surface area contributed by atoms with Gasteiger partial charge in [-0.2, -0.15) is 0 Å². The van der Waals surface area contributed by atoms with Crippen molar-refractivity contribution in [2.24, 2.45) is 0 Å². The van der Waals surface area contributed by atoms with Gasteiger partial charge in [0.1, 0.15) is 0 Å². The Labute approximate surface area is 186 Å². The number of sulfonamides is 1. The number of halogens is 1. The molecule has 0 bridgehead atoms. The van der Waals surface area contributed by atoms with Crippen LogP contribution in [0.2, 0.25) is 5.02 Å². The zero-order valence-electron chi connectivity index (χ0n) is 16.9. The number of methoxy groups -OCH3 is 2. The smallest absolute Gasteiger partial charge is 0.261 e. The second kappa shape index (κ2) is 9.72. The van der Waals surface area contributed by atoms with Gasteiger partial charge in [0.05, 0.1) is 25.5 Å². The third-order valence-corrected chi connectivity index (χ3v) is 6.01. The van der Waals surface area contributed by atoms with E-state index in [1.165, 1.54) is 31.4 Å². The predicted molar refractivity (Wildman–Crippen MR) is 121 cm³/mol. The number of nitrogens with one attached hydrogen (secondary N) is 2. The first-order valence-corrected chi connectivity index (χ1v) is 11.1. The summed E-state index contributed by atoms with van der Waals surface area (Å²) in [6, 6.07) is 17.5. The van der Waals surface area contributed by atoms with E-state index in [0.717, 1.165) is 5.56 Å². The molecule has 2 N–H and O–H groups in total. The molecule has 0 radical (unpaired) electrons. The molecule has 162 valence electrons. The van der Waals surface area contributed by atoms with E-state index in [1.54, 1.807) is 49.6 Å². The van der Waals surface area contributed by atoms with Gasteiger partial charge in [0, 0.05) is 16.4 Å². The molecule has 3 rings (SSSR count). The summed E-state index contributed by atoms with van der Waals surface area (Å²) < 4.78 is 38.0. The average molecular weight is 461 g/mol. The van der Waals surface area contributed by atoms with Crippen LogP contribution in [0, 0.1) is 0 Å². The quantitative estimate of drug-likeness (QED) is 0.521. The number of hydrogen-bond donors (Lipinski definition) is 2. The van der Waals surface area contributed by atoms with Crippen LogP contribution >= 0.6 is 11.6 Å². The molecule has 7 nitrogen and oxygen atoms in total. The highest BCUT2D eigenvalue weighted by Gasteiger charge is 2.15. The Morgan fingerprint density at radius 1 is 0.871 bits per heavy atom. The fourth-order valence-corrected chi connectivity index (χ4v) is 4.02. The van der Waals surface area contributed by atoms with Crippen LogP contribution in [0.25, 0.3) is 0 Å². The SMILES string of the molecule is COc1ccc(CC(=O)Nc2ccc(S(=O)(=O)Nc3ccc(Cl)cc3)cc2)cc1OC. The van der Waals surface area contributed by atoms with Gasteiger partial charge >= 0.3 is 0 Å². The van der Waals surface area contributed by atoms with Crippen LogP contribution in [-0.2, 0) is 21.2 Å². The summed E-state index contributed by atoms with van der Waals surface area (Å²) in [5, 5.41) is 3.26. The summed E-state index contributed by atoms with van der Waals surface area (Å²) >= 11 is 5.82. The summed E-state index contributed by atoms with van der Waals surface area (Å²) in [6.45, 7) is 0. The topological polar surface area (TPSA) is 93.7 Å². The van der Waals surface area contributed by atoms with Gasteiger partial charge in [-0.05, 0) is 66.2 Å². The summed E-state index contributed by atoms with van der Waals surface area (Å²) in [6.07, 6.45) is 0.124. The molecule has 9 heteroatoms. The molecule has 0 aliphatic carbocycles. The number of benzene rings is 3. The van der Waals surface area contributed by atoms with Crippen LogP contribution in [-0.4, -0.2) is 28.5 Å². The normalized spacial score (nSPS) is 10.9. The lowest BCUT2D eigenvalue weighted by atomic mass is 10.1. The molecule has 0 saturated carbocycles. The first-order chi connectivity index (χ1) is 14.8. The molecule has 0 spiro atoms. The van der Waals surface area contributed by atoms with Crippen molar-refractivity contribution in [3.8, 4) is 11.5 Å². The van der Waals surface area contributed by atoms with E-state index < -0.39 is 10.0 Å². The first kappa shape index (κ1) is 22.5. The molecule has 0 fully saturated rings. The van der Waals surface area contributed by atoms with Gasteiger partial charge in [-0.3, -0.25) is 9.52 Å². The Balaban J connectivity index is 1.64. The van der Waals surface area contributed by atoms with E-state index in [0.29, 0.717) is 27.9 Å². The maximum absolute atomic E-state index is 12.5. The predicted octanol–water partition coefficient (Wildman–Crippen LogP) is 4.34. The molecule has 0 aromatic heterocycles. The van der Waals surface area contributed by atoms with Gasteiger partial charge in [0.25, 0.3) is 10.0 Å². The zero-order valence-corrected chi connectivity index (χ0v) is 18.5. The Morgan fingerprint density at radius 2 is 1.48 bits per heavy atom. The Hall–Kier alpha value is -3.23. The number of carbonyl (C=O) groups is 1. The highest BCUT2D eigenvalue weighted by Crippen LogP contribution is 2.28. The number of rotatable bonds is 8. The van der Waals surface area contributed by atoms with Gasteiger partial charge in [0.15, 0.2) is 11.5 Å². The fraction of sp³-hybridized carbons (Fsp3) is 0.136. The summed E-state index contributed by atoms with van der Waals surface area (Å²) in [5.41, 5.74) is 1.63. The third-order valence-electron chi connectivity index (χ3n) is 4.36. The lowest BCUT2D eigenvalue weighted by molar-refractivity contribution is -0.115. The number of ether oxygens (including phenoxy) is 2. The molecule has 0 aliphatic heterocycles. The zero-order chi connectivity index (χ0) is 22.4. The maximum atomic E-state index is 12.5. The monoisotopic (exact) mass is 460 g/mol. The summed E-state index contributed by atoms with van der Waals surface area (Å²) in [7, 11) is -0.698. The Bertz CT molecular complexity index is 1160. The number of anilines is 2. The van der Waals surface area contributed by atoms with Crippen LogP contribution in [0.1, 0.15) is 5.56 Å². The second-order valence-electron chi connectivity index (χ2n) is 6.55. The maximum Gasteiger partial charge on any atom is 0.261 e. The van der Waals surface area contributed by atoms with Gasteiger partial charge in [-0.1, -0.05) is 17.7 Å². The second-order valence-corrected chi connectivity index (χ2v) is 8.67. The lowest BCUT2D eigenvalue weighted by Gasteiger charge is -2.11. The van der Waals surface area contributed by atoms with E-state index in [2.05, 4.69) is 10.0 Å². The molecular weight excluding hydrogens is 440 g/mol. The minimum Gasteiger partial charge on any atom is -0.493 e. The first-order valence-electron chi connectivity index (χ1n) is 9.20. The molecule has 31 heavy (non-hydrogen) atoms. The van der Waals surface area contributed by atoms with Crippen molar-refractivity contribution >= 4 is 38.9 Å². The lowest BCUT2D eigenvalue weighted by Crippen LogP contribution is -2.15. The van der Waals surface area contributed by atoms with Gasteiger partial charge < -0.3 is 14.8 Å². The highest BCUT2D eigenvalue weighted by atomic mass is 35.5. The van der Waals surface area contributed by atoms with Crippen LogP contribution in [0.15, 0.2) is 71.6 Å². The van der Waals surface area contributed by atoms with E-state index in [-0.39, 0.29) is 17.2 Å². The third kappa shape index (κ3) is 5.90. The molecule has 0 saturated heterocycles. The van der Waals surface area contributed by atoms with Crippen LogP contribution in [0.5, 0.6) is 11.5 Å². The number of hydrogen-bond acceptors (Lipinski definition) is 5. The van der Waals surface area contributed by atoms with E-state index in [1.807, 2.05) is 0 Å². The molecule has 0 heterocycles. The molecule has 3 aromatic rings. The van der Waals surface area contributed by atoms with Crippen LogP contribution in [0.4, 0.5) is 11.4 Å². The molecular formula is C22H21ClN2O5S. The molecule has 3 aromatic carbocycles. The van der Waals surface area contributed by atoms with Crippen molar-refractivity contribution in [2.45, 2.75) is 11.3 Å². The van der Waals surface area contributed by atoms with Crippen LogP contribution < -0.4 is 19.5 Å². The molecule has 1 amide bonds. The van der Waals surface area contributed by atoms with Crippen molar-refractivity contribution < 1.29 is 22.7 Å². The van der Waals surface area contributed by atoms with Crippen molar-refractivity contribution in [2.75, 3.05) is 24.3 Å². The van der Waals surface area contributed by atoms with Gasteiger partial charge in [-0.25, -0.2) is 8.42 Å². The Kier molecular flexibility index (Phi) is 7.04. The van der Waals surface area contributed by atoms with Crippen molar-refractivity contribution in [3.05, 3.63) is 77.3 Å². The summed E-state index contributed by atoms with van der Waals surface area (Å²) in [4.78, 5) is 12.4. The Morgan fingerprint density at radius 3 is 2.10 bits per heavy atom. The number of amides is 1. The van der Waals surface area contributed by atoms with Crippen LogP contribution in [0.3, 0.4) is 0 Å². The number of carbonyl (C=O) groups excluding carboxylic acids is 1. The van der Waals surface area contributed by atoms with E-state index >= 15 is 0 Å². The highest BCUT2D eigenvalue weighted by molar-refractivity contribution is 7.92. The van der Waals surface area contributed by atoms with E-state index in [4.69, 9.17) is 21.1 Å². The largest absolute Gasteiger partial charge is 0.493 e.